The van der Waals surface area contributed by atoms with Crippen LogP contribution in [-0.2, 0) is 0 Å². The molecular weight excluding hydrogens is 336 g/mol. The van der Waals surface area contributed by atoms with Crippen molar-refractivity contribution in [1.29, 1.82) is 0 Å². The summed E-state index contributed by atoms with van der Waals surface area (Å²) in [7, 11) is 0. The normalized spacial score (nSPS) is 22.0. The lowest BCUT2D eigenvalue weighted by Crippen LogP contribution is -2.39. The molecule has 3 rings (SSSR count). The first-order valence-corrected chi connectivity index (χ1v) is 8.21. The van der Waals surface area contributed by atoms with Crippen LogP contribution >= 0.6 is 15.9 Å². The number of hydrogen-bond acceptors (Lipinski definition) is 5. The van der Waals surface area contributed by atoms with Crippen LogP contribution in [0.1, 0.15) is 25.7 Å². The van der Waals surface area contributed by atoms with Gasteiger partial charge in [0, 0.05) is 18.8 Å². The molecule has 1 saturated heterocycles. The van der Waals surface area contributed by atoms with Gasteiger partial charge in [-0.1, -0.05) is 0 Å². The zero-order valence-corrected chi connectivity index (χ0v) is 13.4. The molecule has 1 saturated carbocycles. The fourth-order valence-corrected chi connectivity index (χ4v) is 3.55. The maximum atomic E-state index is 11.3. The Balaban J connectivity index is 1.88. The number of aromatic nitrogens is 1. The molecule has 2 aliphatic rings. The first-order chi connectivity index (χ1) is 10.2. The van der Waals surface area contributed by atoms with Crippen molar-refractivity contribution >= 4 is 27.3 Å². The molecule has 6 nitrogen and oxygen atoms in total. The zero-order chi connectivity index (χ0) is 14.8. The highest BCUT2D eigenvalue weighted by Gasteiger charge is 2.36. The van der Waals surface area contributed by atoms with Gasteiger partial charge in [0.15, 0.2) is 0 Å². The number of pyridine rings is 1. The summed E-state index contributed by atoms with van der Waals surface area (Å²) in [5.41, 5.74) is 0.795. The molecule has 0 spiro atoms. The molecule has 0 amide bonds. The third kappa shape index (κ3) is 3.35. The maximum absolute atomic E-state index is 11.3. The number of hydrogen-bond donors (Lipinski definition) is 1. The summed E-state index contributed by atoms with van der Waals surface area (Å²) in [6.45, 7) is 2.96. The molecule has 1 aliphatic heterocycles. The van der Waals surface area contributed by atoms with Gasteiger partial charge in [-0.15, -0.1) is 0 Å². The summed E-state index contributed by atoms with van der Waals surface area (Å²) in [6.07, 6.45) is 7.61. The second-order valence-corrected chi connectivity index (χ2v) is 6.70. The summed E-state index contributed by atoms with van der Waals surface area (Å²) < 4.78 is 0.715. The van der Waals surface area contributed by atoms with E-state index in [4.69, 9.17) is 0 Å². The molecule has 2 heterocycles. The molecule has 2 fully saturated rings. The number of halogens is 1. The van der Waals surface area contributed by atoms with Crippen molar-refractivity contribution < 1.29 is 4.92 Å². The molecule has 1 aliphatic carbocycles. The SMILES string of the molecule is O=[N+]([O-])c1cncc(Br)c1N(CC1CCCNC1)C1CC1. The molecule has 1 aromatic rings. The molecule has 114 valence electrons. The number of nitrogens with zero attached hydrogens (tertiary/aromatic N) is 3. The Labute approximate surface area is 132 Å². The van der Waals surface area contributed by atoms with E-state index in [9.17, 15) is 10.1 Å². The van der Waals surface area contributed by atoms with E-state index in [-0.39, 0.29) is 10.6 Å². The summed E-state index contributed by atoms with van der Waals surface area (Å²) in [6, 6.07) is 0.435. The van der Waals surface area contributed by atoms with Gasteiger partial charge in [0.05, 0.1) is 9.40 Å². The Hall–Kier alpha value is -1.21. The van der Waals surface area contributed by atoms with Crippen LogP contribution < -0.4 is 10.2 Å². The Kier molecular flexibility index (Phi) is 4.40. The predicted molar refractivity (Wildman–Crippen MR) is 84.6 cm³/mol. The number of anilines is 1. The quantitative estimate of drug-likeness (QED) is 0.650. The van der Waals surface area contributed by atoms with Crippen molar-refractivity contribution in [2.24, 2.45) is 5.92 Å². The second-order valence-electron chi connectivity index (χ2n) is 5.84. The number of rotatable bonds is 5. The Morgan fingerprint density at radius 1 is 1.43 bits per heavy atom. The van der Waals surface area contributed by atoms with Crippen molar-refractivity contribution in [1.82, 2.24) is 10.3 Å². The summed E-state index contributed by atoms with van der Waals surface area (Å²) in [4.78, 5) is 17.2. The van der Waals surface area contributed by atoms with E-state index in [1.54, 1.807) is 6.20 Å². The van der Waals surface area contributed by atoms with Gasteiger partial charge in [0.1, 0.15) is 11.9 Å². The van der Waals surface area contributed by atoms with E-state index in [0.29, 0.717) is 22.1 Å². The molecule has 0 aromatic carbocycles. The first kappa shape index (κ1) is 14.7. The van der Waals surface area contributed by atoms with E-state index in [0.717, 1.165) is 32.5 Å². The fraction of sp³-hybridized carbons (Fsp3) is 0.643. The lowest BCUT2D eigenvalue weighted by molar-refractivity contribution is -0.384. The molecule has 1 atom stereocenters. The van der Waals surface area contributed by atoms with Gasteiger partial charge in [0.2, 0.25) is 0 Å². The zero-order valence-electron chi connectivity index (χ0n) is 11.8. The van der Waals surface area contributed by atoms with Crippen LogP contribution in [0.4, 0.5) is 11.4 Å². The molecule has 7 heteroatoms. The summed E-state index contributed by atoms with van der Waals surface area (Å²) in [5, 5.41) is 14.7. The average molecular weight is 355 g/mol. The summed E-state index contributed by atoms with van der Waals surface area (Å²) >= 11 is 3.45. The van der Waals surface area contributed by atoms with Gasteiger partial charge < -0.3 is 10.2 Å². The van der Waals surface area contributed by atoms with Crippen LogP contribution in [0.2, 0.25) is 0 Å². The van der Waals surface area contributed by atoms with Crippen molar-refractivity contribution in [3.8, 4) is 0 Å². The molecule has 1 N–H and O–H groups in total. The Morgan fingerprint density at radius 2 is 2.24 bits per heavy atom. The molecule has 21 heavy (non-hydrogen) atoms. The van der Waals surface area contributed by atoms with Gasteiger partial charge >= 0.3 is 5.69 Å². The third-order valence-electron chi connectivity index (χ3n) is 4.18. The van der Waals surface area contributed by atoms with Crippen molar-refractivity contribution in [2.45, 2.75) is 31.7 Å². The number of nitrogens with one attached hydrogen (secondary N) is 1. The van der Waals surface area contributed by atoms with Gasteiger partial charge in [-0.3, -0.25) is 15.1 Å². The van der Waals surface area contributed by atoms with E-state index in [2.05, 4.69) is 31.1 Å². The lowest BCUT2D eigenvalue weighted by Gasteiger charge is -2.32. The van der Waals surface area contributed by atoms with Gasteiger partial charge in [0.25, 0.3) is 0 Å². The van der Waals surface area contributed by atoms with E-state index < -0.39 is 0 Å². The highest BCUT2D eigenvalue weighted by atomic mass is 79.9. The Bertz CT molecular complexity index is 530. The van der Waals surface area contributed by atoms with Crippen LogP contribution in [0.5, 0.6) is 0 Å². The van der Waals surface area contributed by atoms with Crippen molar-refractivity contribution in [2.75, 3.05) is 24.5 Å². The highest BCUT2D eigenvalue weighted by Crippen LogP contribution is 2.41. The maximum Gasteiger partial charge on any atom is 0.311 e. The van der Waals surface area contributed by atoms with Crippen LogP contribution in [0, 0.1) is 16.0 Å². The van der Waals surface area contributed by atoms with Crippen molar-refractivity contribution in [3.05, 3.63) is 27.0 Å². The van der Waals surface area contributed by atoms with E-state index in [1.165, 1.54) is 19.0 Å². The van der Waals surface area contributed by atoms with E-state index >= 15 is 0 Å². The number of nitro groups is 1. The minimum atomic E-state index is -0.332. The average Bonchev–Trinajstić information content (AvgIpc) is 3.30. The monoisotopic (exact) mass is 354 g/mol. The fourth-order valence-electron chi connectivity index (χ4n) is 3.00. The minimum Gasteiger partial charge on any atom is -0.362 e. The smallest absolute Gasteiger partial charge is 0.311 e. The van der Waals surface area contributed by atoms with E-state index in [1.807, 2.05) is 0 Å². The first-order valence-electron chi connectivity index (χ1n) is 7.42. The number of piperidine rings is 1. The lowest BCUT2D eigenvalue weighted by atomic mass is 9.98. The van der Waals surface area contributed by atoms with Crippen LogP contribution in [0.25, 0.3) is 0 Å². The predicted octanol–water partition coefficient (Wildman–Crippen LogP) is 2.72. The summed E-state index contributed by atoms with van der Waals surface area (Å²) in [5.74, 6) is 0.555. The van der Waals surface area contributed by atoms with Gasteiger partial charge in [-0.2, -0.15) is 0 Å². The molecular formula is C14H19BrN4O2. The van der Waals surface area contributed by atoms with Gasteiger partial charge in [-0.05, 0) is 60.6 Å². The van der Waals surface area contributed by atoms with Crippen LogP contribution in [0.15, 0.2) is 16.9 Å². The van der Waals surface area contributed by atoms with Crippen molar-refractivity contribution in [3.63, 3.8) is 0 Å². The van der Waals surface area contributed by atoms with Crippen LogP contribution in [0.3, 0.4) is 0 Å². The minimum absolute atomic E-state index is 0.0973. The molecule has 1 unspecified atom stereocenters. The Morgan fingerprint density at radius 3 is 2.86 bits per heavy atom. The standard InChI is InChI=1S/C14H19BrN4O2/c15-12-7-17-8-13(19(20)21)14(12)18(11-3-4-11)9-10-2-1-5-16-6-10/h7-8,10-11,16H,1-6,9H2. The molecule has 0 bridgehead atoms. The van der Waals surface area contributed by atoms with Gasteiger partial charge in [-0.25, -0.2) is 0 Å². The molecule has 0 radical (unpaired) electrons. The van der Waals surface area contributed by atoms with Crippen LogP contribution in [-0.4, -0.2) is 35.6 Å². The topological polar surface area (TPSA) is 71.3 Å². The second kappa shape index (κ2) is 6.27. The highest BCUT2D eigenvalue weighted by molar-refractivity contribution is 9.10. The third-order valence-corrected chi connectivity index (χ3v) is 4.76. The molecule has 1 aromatic heterocycles. The largest absolute Gasteiger partial charge is 0.362 e.